The Hall–Kier alpha value is -3.44. The van der Waals surface area contributed by atoms with Gasteiger partial charge in [0.2, 0.25) is 0 Å². The van der Waals surface area contributed by atoms with E-state index in [1.807, 2.05) is 18.2 Å². The van der Waals surface area contributed by atoms with Gasteiger partial charge in [-0.15, -0.1) is 0 Å². The van der Waals surface area contributed by atoms with Crippen molar-refractivity contribution in [1.82, 2.24) is 15.5 Å². The number of rotatable bonds is 11. The molecule has 0 radical (unpaired) electrons. The summed E-state index contributed by atoms with van der Waals surface area (Å²) in [4.78, 5) is 26.9. The van der Waals surface area contributed by atoms with Crippen LogP contribution in [0.1, 0.15) is 16.7 Å². The maximum absolute atomic E-state index is 12.9. The minimum absolute atomic E-state index is 0.0279. The first kappa shape index (κ1) is 29.1. The molecule has 0 atom stereocenters. The number of urea groups is 1. The SMILES string of the molecule is C=C(Cl)/C(=C\C(=C)N(C)CCOC)C(=O)NC(=O)Nc1ccc(S(=O)(=O)Cc2ccc3c(c2)CNC3)cc1. The topological polar surface area (TPSA) is 117 Å². The van der Waals surface area contributed by atoms with E-state index >= 15 is 0 Å². The zero-order valence-corrected chi connectivity index (χ0v) is 22.9. The molecular weight excluding hydrogens is 528 g/mol. The number of anilines is 1. The van der Waals surface area contributed by atoms with Crippen molar-refractivity contribution >= 4 is 39.1 Å². The van der Waals surface area contributed by atoms with E-state index < -0.39 is 21.8 Å². The molecule has 1 heterocycles. The molecule has 3 rings (SSSR count). The normalized spacial score (nSPS) is 13.0. The number of hydrogen-bond acceptors (Lipinski definition) is 7. The van der Waals surface area contributed by atoms with E-state index in [4.69, 9.17) is 16.3 Å². The van der Waals surface area contributed by atoms with E-state index in [-0.39, 0.29) is 21.3 Å². The van der Waals surface area contributed by atoms with Gasteiger partial charge >= 0.3 is 6.03 Å². The maximum atomic E-state index is 12.9. The molecule has 0 aliphatic carbocycles. The van der Waals surface area contributed by atoms with Crippen LogP contribution in [-0.2, 0) is 38.2 Å². The molecule has 11 heteroatoms. The van der Waals surface area contributed by atoms with Crippen molar-refractivity contribution in [3.05, 3.63) is 94.7 Å². The fourth-order valence-corrected chi connectivity index (χ4v) is 5.21. The minimum Gasteiger partial charge on any atom is -0.383 e. The highest BCUT2D eigenvalue weighted by atomic mass is 35.5. The third-order valence-electron chi connectivity index (χ3n) is 5.93. The van der Waals surface area contributed by atoms with Crippen molar-refractivity contribution < 1.29 is 22.7 Å². The van der Waals surface area contributed by atoms with Crippen LogP contribution in [0.5, 0.6) is 0 Å². The van der Waals surface area contributed by atoms with Crippen LogP contribution in [-0.4, -0.2) is 52.6 Å². The van der Waals surface area contributed by atoms with E-state index in [0.717, 1.165) is 18.7 Å². The first-order valence-corrected chi connectivity index (χ1v) is 13.7. The predicted octanol–water partition coefficient (Wildman–Crippen LogP) is 3.68. The third-order valence-corrected chi connectivity index (χ3v) is 7.83. The molecule has 2 aromatic rings. The maximum Gasteiger partial charge on any atom is 0.326 e. The second-order valence-corrected chi connectivity index (χ2v) is 11.2. The molecule has 0 saturated heterocycles. The lowest BCUT2D eigenvalue weighted by Gasteiger charge is -2.19. The molecule has 202 valence electrons. The summed E-state index contributed by atoms with van der Waals surface area (Å²) in [5, 5.41) is 7.87. The predicted molar refractivity (Wildman–Crippen MR) is 148 cm³/mol. The third kappa shape index (κ3) is 7.78. The van der Waals surface area contributed by atoms with Gasteiger partial charge in [0.05, 0.1) is 22.8 Å². The van der Waals surface area contributed by atoms with Crippen molar-refractivity contribution in [2.45, 2.75) is 23.7 Å². The monoisotopic (exact) mass is 558 g/mol. The van der Waals surface area contributed by atoms with Crippen molar-refractivity contribution in [2.24, 2.45) is 0 Å². The fourth-order valence-electron chi connectivity index (χ4n) is 3.73. The Kier molecular flexibility index (Phi) is 9.87. The van der Waals surface area contributed by atoms with Crippen LogP contribution in [0.2, 0.25) is 0 Å². The standard InChI is InChI=1S/C27H31ClN4O5S/c1-18(32(3)11-12-37-4)13-25(19(2)28)26(33)31-27(34)30-23-7-9-24(10-8-23)38(35,36)17-20-5-6-21-15-29-16-22(21)14-20/h5-10,13-14,29H,1-2,11-12,15-17H2,3-4H3,(H2,30,31,33,34)/b25-13+. The van der Waals surface area contributed by atoms with Gasteiger partial charge in [0.25, 0.3) is 5.91 Å². The number of hydrogen-bond donors (Lipinski definition) is 3. The molecule has 0 unspecified atom stereocenters. The molecule has 3 amide bonds. The zero-order valence-electron chi connectivity index (χ0n) is 21.3. The molecule has 2 aromatic carbocycles. The summed E-state index contributed by atoms with van der Waals surface area (Å²) < 4.78 is 30.8. The Bertz CT molecular complexity index is 1370. The van der Waals surface area contributed by atoms with Gasteiger partial charge in [0.1, 0.15) is 0 Å². The first-order chi connectivity index (χ1) is 18.0. The number of nitrogens with one attached hydrogen (secondary N) is 3. The lowest BCUT2D eigenvalue weighted by atomic mass is 10.1. The number of carbonyl (C=O) groups is 2. The van der Waals surface area contributed by atoms with Gasteiger partial charge in [-0.05, 0) is 47.0 Å². The molecule has 1 aliphatic rings. The summed E-state index contributed by atoms with van der Waals surface area (Å²) in [5.41, 5.74) is 3.75. The van der Waals surface area contributed by atoms with Gasteiger partial charge in [-0.2, -0.15) is 0 Å². The van der Waals surface area contributed by atoms with Gasteiger partial charge in [0, 0.05) is 50.2 Å². The Labute approximate surface area is 228 Å². The average molecular weight is 559 g/mol. The Morgan fingerprint density at radius 1 is 1.13 bits per heavy atom. The number of methoxy groups -OCH3 is 1. The van der Waals surface area contributed by atoms with Crippen LogP contribution >= 0.6 is 11.6 Å². The summed E-state index contributed by atoms with van der Waals surface area (Å²) in [6.45, 7) is 9.98. The summed E-state index contributed by atoms with van der Waals surface area (Å²) in [5.74, 6) is -0.904. The van der Waals surface area contributed by atoms with Crippen molar-refractivity contribution in [2.75, 3.05) is 32.6 Å². The van der Waals surface area contributed by atoms with Gasteiger partial charge < -0.3 is 20.3 Å². The van der Waals surface area contributed by atoms with Crippen LogP contribution < -0.4 is 16.0 Å². The number of halogens is 1. The number of imide groups is 1. The number of fused-ring (bicyclic) bond motifs is 1. The largest absolute Gasteiger partial charge is 0.383 e. The lowest BCUT2D eigenvalue weighted by molar-refractivity contribution is -0.116. The van der Waals surface area contributed by atoms with Crippen LogP contribution in [0.25, 0.3) is 0 Å². The second-order valence-electron chi connectivity index (χ2n) is 8.77. The zero-order chi connectivity index (χ0) is 27.9. The van der Waals surface area contributed by atoms with Crippen molar-refractivity contribution in [3.8, 4) is 0 Å². The molecule has 0 spiro atoms. The molecule has 9 nitrogen and oxygen atoms in total. The van der Waals surface area contributed by atoms with E-state index in [1.165, 1.54) is 35.9 Å². The number of sulfone groups is 1. The molecule has 0 bridgehead atoms. The fraction of sp³-hybridized carbons (Fsp3) is 0.259. The number of nitrogens with zero attached hydrogens (tertiary/aromatic N) is 1. The molecule has 1 aliphatic heterocycles. The van der Waals surface area contributed by atoms with Gasteiger partial charge in [-0.1, -0.05) is 43.0 Å². The average Bonchev–Trinajstić information content (AvgIpc) is 3.33. The summed E-state index contributed by atoms with van der Waals surface area (Å²) in [6, 6.07) is 10.6. The Morgan fingerprint density at radius 2 is 1.82 bits per heavy atom. The van der Waals surface area contributed by atoms with Crippen molar-refractivity contribution in [3.63, 3.8) is 0 Å². The highest BCUT2D eigenvalue weighted by molar-refractivity contribution is 7.90. The summed E-state index contributed by atoms with van der Waals surface area (Å²) in [7, 11) is -0.254. The lowest BCUT2D eigenvalue weighted by Crippen LogP contribution is -2.35. The summed E-state index contributed by atoms with van der Waals surface area (Å²) >= 11 is 5.98. The highest BCUT2D eigenvalue weighted by Crippen LogP contribution is 2.23. The van der Waals surface area contributed by atoms with E-state index in [0.29, 0.717) is 30.1 Å². The van der Waals surface area contributed by atoms with Gasteiger partial charge in [0.15, 0.2) is 9.84 Å². The Balaban J connectivity index is 1.61. The summed E-state index contributed by atoms with van der Waals surface area (Å²) in [6.07, 6.45) is 1.42. The minimum atomic E-state index is -3.60. The number of likely N-dealkylation sites (N-methyl/N-ethyl adjacent to an activating group) is 1. The number of amides is 3. The van der Waals surface area contributed by atoms with Crippen LogP contribution in [0.15, 0.2) is 82.9 Å². The number of carbonyl (C=O) groups excluding carboxylic acids is 2. The quantitative estimate of drug-likeness (QED) is 0.284. The number of ether oxygens (including phenoxy) is 1. The second kappa shape index (κ2) is 12.9. The smallest absolute Gasteiger partial charge is 0.326 e. The molecule has 0 saturated carbocycles. The van der Waals surface area contributed by atoms with Crippen LogP contribution in [0, 0.1) is 0 Å². The highest BCUT2D eigenvalue weighted by Gasteiger charge is 2.19. The van der Waals surface area contributed by atoms with Crippen LogP contribution in [0.3, 0.4) is 0 Å². The van der Waals surface area contributed by atoms with E-state index in [1.54, 1.807) is 19.1 Å². The number of benzene rings is 2. The number of allylic oxidation sites excluding steroid dienone is 1. The van der Waals surface area contributed by atoms with Crippen LogP contribution in [0.4, 0.5) is 10.5 Å². The molecule has 3 N–H and O–H groups in total. The molecular formula is C27H31ClN4O5S. The van der Waals surface area contributed by atoms with Gasteiger partial charge in [-0.25, -0.2) is 13.2 Å². The molecule has 0 fully saturated rings. The van der Waals surface area contributed by atoms with Crippen molar-refractivity contribution in [1.29, 1.82) is 0 Å². The molecule has 38 heavy (non-hydrogen) atoms. The van der Waals surface area contributed by atoms with Gasteiger partial charge in [-0.3, -0.25) is 10.1 Å². The van der Waals surface area contributed by atoms with E-state index in [9.17, 15) is 18.0 Å². The first-order valence-electron chi connectivity index (χ1n) is 11.7. The molecule has 0 aromatic heterocycles. The van der Waals surface area contributed by atoms with E-state index in [2.05, 4.69) is 29.1 Å². The Morgan fingerprint density at radius 3 is 2.47 bits per heavy atom.